The molecule has 7 nitrogen and oxygen atoms in total. The summed E-state index contributed by atoms with van der Waals surface area (Å²) in [6.45, 7) is 2.62. The number of hydrogen-bond donors (Lipinski definition) is 0. The van der Waals surface area contributed by atoms with Gasteiger partial charge in [-0.2, -0.15) is 0 Å². The van der Waals surface area contributed by atoms with E-state index in [1.54, 1.807) is 12.1 Å². The summed E-state index contributed by atoms with van der Waals surface area (Å²) in [6, 6.07) is 15.2. The quantitative estimate of drug-likeness (QED) is 0.411. The highest BCUT2D eigenvalue weighted by Crippen LogP contribution is 2.33. The fourth-order valence-corrected chi connectivity index (χ4v) is 3.69. The van der Waals surface area contributed by atoms with Gasteiger partial charge in [-0.1, -0.05) is 24.3 Å². The van der Waals surface area contributed by atoms with Crippen LogP contribution in [0.2, 0.25) is 0 Å². The van der Waals surface area contributed by atoms with Crippen LogP contribution in [0.25, 0.3) is 21.7 Å². The average Bonchev–Trinajstić information content (AvgIpc) is 2.83. The van der Waals surface area contributed by atoms with E-state index in [0.717, 1.165) is 16.6 Å². The standard InChI is InChI=1S/C25H24N2O5/c1-4-27-15-20(25(29)31-3)18-13-23(22(30-2)14-19(18)24(27)28)32-12-11-17-10-9-16-7-5-6-8-21(16)26-17/h5-10,13-15H,4,11-12H2,1-3H3. The van der Waals surface area contributed by atoms with E-state index < -0.39 is 5.97 Å². The van der Waals surface area contributed by atoms with Crippen molar-refractivity contribution in [3.8, 4) is 11.5 Å². The predicted octanol–water partition coefficient (Wildman–Crippen LogP) is 3.99. The van der Waals surface area contributed by atoms with Gasteiger partial charge in [0.25, 0.3) is 5.56 Å². The number of ether oxygens (including phenoxy) is 3. The maximum atomic E-state index is 12.8. The van der Waals surface area contributed by atoms with Crippen molar-refractivity contribution in [2.24, 2.45) is 0 Å². The van der Waals surface area contributed by atoms with Crippen LogP contribution in [-0.4, -0.2) is 36.3 Å². The molecule has 164 valence electrons. The number of nitrogens with zero attached hydrogens (tertiary/aromatic N) is 2. The average molecular weight is 432 g/mol. The van der Waals surface area contributed by atoms with Crippen LogP contribution in [0.15, 0.2) is 59.5 Å². The number of esters is 1. The highest BCUT2D eigenvalue weighted by molar-refractivity contribution is 6.04. The van der Waals surface area contributed by atoms with Gasteiger partial charge in [0.1, 0.15) is 0 Å². The number of para-hydroxylation sites is 1. The van der Waals surface area contributed by atoms with Crippen molar-refractivity contribution in [1.29, 1.82) is 0 Å². The molecule has 7 heteroatoms. The Hall–Kier alpha value is -3.87. The third-order valence-corrected chi connectivity index (χ3v) is 5.39. The first-order valence-corrected chi connectivity index (χ1v) is 10.4. The molecule has 0 bridgehead atoms. The molecule has 0 aliphatic carbocycles. The predicted molar refractivity (Wildman–Crippen MR) is 123 cm³/mol. The molecule has 0 saturated heterocycles. The van der Waals surface area contributed by atoms with Crippen LogP contribution >= 0.6 is 0 Å². The number of rotatable bonds is 7. The molecule has 0 saturated carbocycles. The Bertz CT molecular complexity index is 1360. The summed E-state index contributed by atoms with van der Waals surface area (Å²) in [7, 11) is 2.83. The number of pyridine rings is 2. The Balaban J connectivity index is 1.66. The number of aromatic nitrogens is 2. The molecule has 2 aromatic carbocycles. The number of fused-ring (bicyclic) bond motifs is 2. The first kappa shape index (κ1) is 21.4. The zero-order valence-corrected chi connectivity index (χ0v) is 18.3. The topological polar surface area (TPSA) is 79.7 Å². The van der Waals surface area contributed by atoms with Gasteiger partial charge >= 0.3 is 5.97 Å². The molecule has 4 rings (SSSR count). The number of carbonyl (C=O) groups is 1. The van der Waals surface area contributed by atoms with Crippen molar-refractivity contribution in [2.45, 2.75) is 19.9 Å². The molecular weight excluding hydrogens is 408 g/mol. The minimum Gasteiger partial charge on any atom is -0.493 e. The minimum atomic E-state index is -0.520. The van der Waals surface area contributed by atoms with Crippen molar-refractivity contribution < 1.29 is 19.0 Å². The third kappa shape index (κ3) is 4.01. The highest BCUT2D eigenvalue weighted by atomic mass is 16.5. The van der Waals surface area contributed by atoms with Gasteiger partial charge in [0, 0.05) is 35.6 Å². The molecule has 0 fully saturated rings. The zero-order chi connectivity index (χ0) is 22.7. The van der Waals surface area contributed by atoms with Crippen LogP contribution < -0.4 is 15.0 Å². The van der Waals surface area contributed by atoms with Gasteiger partial charge in [0.15, 0.2) is 11.5 Å². The van der Waals surface area contributed by atoms with Crippen LogP contribution in [0.5, 0.6) is 11.5 Å². The van der Waals surface area contributed by atoms with E-state index in [4.69, 9.17) is 14.2 Å². The summed E-state index contributed by atoms with van der Waals surface area (Å²) in [4.78, 5) is 29.8. The van der Waals surface area contributed by atoms with E-state index in [-0.39, 0.29) is 5.56 Å². The van der Waals surface area contributed by atoms with Crippen LogP contribution in [0.3, 0.4) is 0 Å². The van der Waals surface area contributed by atoms with Gasteiger partial charge < -0.3 is 18.8 Å². The monoisotopic (exact) mass is 432 g/mol. The lowest BCUT2D eigenvalue weighted by Crippen LogP contribution is -2.21. The molecular formula is C25H24N2O5. The molecule has 0 aliphatic rings. The second-order valence-corrected chi connectivity index (χ2v) is 7.27. The van der Waals surface area contributed by atoms with Gasteiger partial charge in [0.2, 0.25) is 0 Å². The summed E-state index contributed by atoms with van der Waals surface area (Å²) >= 11 is 0. The van der Waals surface area contributed by atoms with E-state index in [1.165, 1.54) is 25.0 Å². The fraction of sp³-hybridized carbons (Fsp3) is 0.240. The first-order valence-electron chi connectivity index (χ1n) is 10.4. The SMILES string of the molecule is CCn1cc(C(=O)OC)c2cc(OCCc3ccc4ccccc4n3)c(OC)cc2c1=O. The van der Waals surface area contributed by atoms with Crippen LogP contribution in [0.1, 0.15) is 23.0 Å². The molecule has 0 atom stereocenters. The molecule has 32 heavy (non-hydrogen) atoms. The van der Waals surface area contributed by atoms with Gasteiger partial charge in [-0.25, -0.2) is 4.79 Å². The third-order valence-electron chi connectivity index (χ3n) is 5.39. The van der Waals surface area contributed by atoms with Gasteiger partial charge in [-0.15, -0.1) is 0 Å². The van der Waals surface area contributed by atoms with E-state index in [2.05, 4.69) is 4.98 Å². The van der Waals surface area contributed by atoms with Crippen LogP contribution in [-0.2, 0) is 17.7 Å². The lowest BCUT2D eigenvalue weighted by Gasteiger charge is -2.15. The largest absolute Gasteiger partial charge is 0.493 e. The lowest BCUT2D eigenvalue weighted by molar-refractivity contribution is 0.0602. The number of benzene rings is 2. The van der Waals surface area contributed by atoms with Crippen LogP contribution in [0.4, 0.5) is 0 Å². The molecule has 0 unspecified atom stereocenters. The van der Waals surface area contributed by atoms with E-state index >= 15 is 0 Å². The molecule has 2 aromatic heterocycles. The van der Waals surface area contributed by atoms with E-state index in [0.29, 0.717) is 47.4 Å². The molecule has 0 radical (unpaired) electrons. The highest BCUT2D eigenvalue weighted by Gasteiger charge is 2.18. The van der Waals surface area contributed by atoms with E-state index in [1.807, 2.05) is 43.3 Å². The van der Waals surface area contributed by atoms with Gasteiger partial charge in [-0.3, -0.25) is 9.78 Å². The van der Waals surface area contributed by atoms with E-state index in [9.17, 15) is 9.59 Å². The number of carbonyl (C=O) groups excluding carboxylic acids is 1. The fourth-order valence-electron chi connectivity index (χ4n) is 3.69. The number of aryl methyl sites for hydroxylation is 1. The molecule has 0 amide bonds. The Labute approximate surface area is 185 Å². The van der Waals surface area contributed by atoms with Gasteiger partial charge in [-0.05, 0) is 31.2 Å². The number of hydrogen-bond acceptors (Lipinski definition) is 6. The Kier molecular flexibility index (Phi) is 6.07. The molecule has 4 aromatic rings. The van der Waals surface area contributed by atoms with Crippen molar-refractivity contribution >= 4 is 27.6 Å². The Morgan fingerprint density at radius 1 is 1.03 bits per heavy atom. The van der Waals surface area contributed by atoms with Crippen LogP contribution in [0, 0.1) is 0 Å². The van der Waals surface area contributed by atoms with Gasteiger partial charge in [0.05, 0.1) is 37.3 Å². The van der Waals surface area contributed by atoms with Crippen molar-refractivity contribution in [1.82, 2.24) is 9.55 Å². The molecule has 0 N–H and O–H groups in total. The Morgan fingerprint density at radius 3 is 2.56 bits per heavy atom. The smallest absolute Gasteiger partial charge is 0.339 e. The maximum absolute atomic E-state index is 12.8. The zero-order valence-electron chi connectivity index (χ0n) is 18.3. The normalized spacial score (nSPS) is 11.0. The Morgan fingerprint density at radius 2 is 1.81 bits per heavy atom. The molecule has 0 aliphatic heterocycles. The summed E-state index contributed by atoms with van der Waals surface area (Å²) in [5.74, 6) is 0.346. The molecule has 2 heterocycles. The summed E-state index contributed by atoms with van der Waals surface area (Å²) in [5, 5.41) is 1.92. The molecule has 0 spiro atoms. The van der Waals surface area contributed by atoms with Crippen molar-refractivity contribution in [3.63, 3.8) is 0 Å². The maximum Gasteiger partial charge on any atom is 0.339 e. The minimum absolute atomic E-state index is 0.208. The summed E-state index contributed by atoms with van der Waals surface area (Å²) < 4.78 is 17.8. The summed E-state index contributed by atoms with van der Waals surface area (Å²) in [5.41, 5.74) is 1.93. The lowest BCUT2D eigenvalue weighted by atomic mass is 10.1. The number of methoxy groups -OCH3 is 2. The summed E-state index contributed by atoms with van der Waals surface area (Å²) in [6.07, 6.45) is 2.11. The van der Waals surface area contributed by atoms with Crippen molar-refractivity contribution in [3.05, 3.63) is 76.3 Å². The van der Waals surface area contributed by atoms with Crippen molar-refractivity contribution in [2.75, 3.05) is 20.8 Å². The second-order valence-electron chi connectivity index (χ2n) is 7.27. The second kappa shape index (κ2) is 9.09. The first-order chi connectivity index (χ1) is 15.5.